The highest BCUT2D eigenvalue weighted by Gasteiger charge is 2.24. The van der Waals surface area contributed by atoms with E-state index in [0.717, 1.165) is 24.3 Å². The molecular formula is C13H24N4O2. The SMILES string of the molecule is CCCNc1nc(C)nc(NC(C)(CO)CO)c1C. The zero-order valence-electron chi connectivity index (χ0n) is 12.1. The molecule has 19 heavy (non-hydrogen) atoms. The van der Waals surface area contributed by atoms with Crippen LogP contribution >= 0.6 is 0 Å². The Morgan fingerprint density at radius 2 is 1.68 bits per heavy atom. The minimum absolute atomic E-state index is 0.177. The van der Waals surface area contributed by atoms with Gasteiger partial charge in [0.05, 0.1) is 18.8 Å². The molecule has 0 saturated heterocycles. The maximum absolute atomic E-state index is 9.34. The summed E-state index contributed by atoms with van der Waals surface area (Å²) in [6.07, 6.45) is 1.01. The van der Waals surface area contributed by atoms with Crippen LogP contribution in [0.5, 0.6) is 0 Å². The van der Waals surface area contributed by atoms with Crippen LogP contribution in [0.3, 0.4) is 0 Å². The van der Waals surface area contributed by atoms with Crippen LogP contribution in [0.15, 0.2) is 0 Å². The first-order valence-electron chi connectivity index (χ1n) is 6.54. The summed E-state index contributed by atoms with van der Waals surface area (Å²) in [5.74, 6) is 2.07. The molecule has 1 heterocycles. The molecule has 0 saturated carbocycles. The van der Waals surface area contributed by atoms with Crippen LogP contribution in [-0.4, -0.2) is 45.5 Å². The second-order valence-electron chi connectivity index (χ2n) is 5.02. The van der Waals surface area contributed by atoms with Crippen LogP contribution in [-0.2, 0) is 0 Å². The molecule has 6 heteroatoms. The third kappa shape index (κ3) is 4.04. The molecule has 1 rings (SSSR count). The number of hydrogen-bond acceptors (Lipinski definition) is 6. The molecule has 0 radical (unpaired) electrons. The van der Waals surface area contributed by atoms with Crippen LogP contribution < -0.4 is 10.6 Å². The van der Waals surface area contributed by atoms with Gasteiger partial charge < -0.3 is 20.8 Å². The van der Waals surface area contributed by atoms with E-state index in [0.29, 0.717) is 11.6 Å². The van der Waals surface area contributed by atoms with E-state index in [2.05, 4.69) is 27.5 Å². The normalized spacial score (nSPS) is 11.5. The smallest absolute Gasteiger partial charge is 0.135 e. The van der Waals surface area contributed by atoms with Gasteiger partial charge in [0, 0.05) is 12.1 Å². The third-order valence-corrected chi connectivity index (χ3v) is 2.92. The quantitative estimate of drug-likeness (QED) is 0.591. The number of aliphatic hydroxyl groups excluding tert-OH is 2. The number of anilines is 2. The maximum atomic E-state index is 9.34. The number of nitrogens with zero attached hydrogens (tertiary/aromatic N) is 2. The predicted molar refractivity (Wildman–Crippen MR) is 76.5 cm³/mol. The average molecular weight is 268 g/mol. The number of hydrogen-bond donors (Lipinski definition) is 4. The summed E-state index contributed by atoms with van der Waals surface area (Å²) in [6.45, 7) is 8.04. The van der Waals surface area contributed by atoms with Gasteiger partial charge in [-0.25, -0.2) is 9.97 Å². The second-order valence-corrected chi connectivity index (χ2v) is 5.02. The van der Waals surface area contributed by atoms with Crippen LogP contribution in [0, 0.1) is 13.8 Å². The third-order valence-electron chi connectivity index (χ3n) is 2.92. The van der Waals surface area contributed by atoms with Crippen molar-refractivity contribution in [1.82, 2.24) is 9.97 Å². The lowest BCUT2D eigenvalue weighted by atomic mass is 10.1. The van der Waals surface area contributed by atoms with Gasteiger partial charge in [0.1, 0.15) is 17.5 Å². The van der Waals surface area contributed by atoms with Crippen molar-refractivity contribution >= 4 is 11.6 Å². The maximum Gasteiger partial charge on any atom is 0.135 e. The zero-order valence-corrected chi connectivity index (χ0v) is 12.1. The molecule has 108 valence electrons. The van der Waals surface area contributed by atoms with E-state index in [1.54, 1.807) is 6.92 Å². The molecule has 0 spiro atoms. The Labute approximate surface area is 114 Å². The molecule has 0 aliphatic heterocycles. The fourth-order valence-corrected chi connectivity index (χ4v) is 1.58. The number of aryl methyl sites for hydroxylation is 1. The molecule has 0 amide bonds. The topological polar surface area (TPSA) is 90.3 Å². The van der Waals surface area contributed by atoms with Crippen molar-refractivity contribution in [1.29, 1.82) is 0 Å². The predicted octanol–water partition coefficient (Wildman–Crippen LogP) is 1.07. The molecule has 0 bridgehead atoms. The van der Waals surface area contributed by atoms with E-state index in [9.17, 15) is 10.2 Å². The Kier molecular flexibility index (Phi) is 5.50. The van der Waals surface area contributed by atoms with Gasteiger partial charge >= 0.3 is 0 Å². The number of aliphatic hydroxyl groups is 2. The molecule has 0 fully saturated rings. The van der Waals surface area contributed by atoms with Gasteiger partial charge in [-0.3, -0.25) is 0 Å². The Bertz CT molecular complexity index is 419. The van der Waals surface area contributed by atoms with Crippen molar-refractivity contribution in [3.63, 3.8) is 0 Å². The monoisotopic (exact) mass is 268 g/mol. The van der Waals surface area contributed by atoms with Crippen molar-refractivity contribution in [3.8, 4) is 0 Å². The molecule has 0 aliphatic carbocycles. The highest BCUT2D eigenvalue weighted by atomic mass is 16.3. The van der Waals surface area contributed by atoms with E-state index < -0.39 is 5.54 Å². The van der Waals surface area contributed by atoms with E-state index >= 15 is 0 Å². The molecule has 4 N–H and O–H groups in total. The van der Waals surface area contributed by atoms with E-state index in [1.807, 2.05) is 13.8 Å². The molecule has 6 nitrogen and oxygen atoms in total. The van der Waals surface area contributed by atoms with Gasteiger partial charge in [0.2, 0.25) is 0 Å². The Balaban J connectivity index is 3.03. The Morgan fingerprint density at radius 1 is 1.11 bits per heavy atom. The molecular weight excluding hydrogens is 244 g/mol. The fourth-order valence-electron chi connectivity index (χ4n) is 1.58. The van der Waals surface area contributed by atoms with Crippen molar-refractivity contribution in [2.24, 2.45) is 0 Å². The molecule has 0 atom stereocenters. The Hall–Kier alpha value is -1.40. The zero-order chi connectivity index (χ0) is 14.5. The summed E-state index contributed by atoms with van der Waals surface area (Å²) in [4.78, 5) is 8.70. The van der Waals surface area contributed by atoms with Crippen LogP contribution in [0.1, 0.15) is 31.7 Å². The van der Waals surface area contributed by atoms with E-state index in [1.165, 1.54) is 0 Å². The largest absolute Gasteiger partial charge is 0.394 e. The summed E-state index contributed by atoms with van der Waals surface area (Å²) in [6, 6.07) is 0. The standard InChI is InChI=1S/C13H24N4O2/c1-5-6-14-11-9(2)12(16-10(3)15-11)17-13(4,7-18)8-19/h18-19H,5-8H2,1-4H3,(H2,14,15,16,17). The van der Waals surface area contributed by atoms with Crippen LogP contribution in [0.2, 0.25) is 0 Å². The van der Waals surface area contributed by atoms with Gasteiger partial charge in [-0.05, 0) is 27.2 Å². The second kappa shape index (κ2) is 6.68. The molecule has 0 unspecified atom stereocenters. The number of aromatic nitrogens is 2. The fraction of sp³-hybridized carbons (Fsp3) is 0.692. The number of nitrogens with one attached hydrogen (secondary N) is 2. The molecule has 1 aromatic rings. The molecule has 0 aliphatic rings. The van der Waals surface area contributed by atoms with Gasteiger partial charge in [0.25, 0.3) is 0 Å². The van der Waals surface area contributed by atoms with Gasteiger partial charge in [-0.2, -0.15) is 0 Å². The summed E-state index contributed by atoms with van der Waals surface area (Å²) in [7, 11) is 0. The highest BCUT2D eigenvalue weighted by Crippen LogP contribution is 2.22. The minimum atomic E-state index is -0.798. The van der Waals surface area contributed by atoms with Gasteiger partial charge in [-0.1, -0.05) is 6.92 Å². The van der Waals surface area contributed by atoms with Gasteiger partial charge in [0.15, 0.2) is 0 Å². The summed E-state index contributed by atoms with van der Waals surface area (Å²) in [5, 5.41) is 25.0. The first kappa shape index (κ1) is 15.7. The highest BCUT2D eigenvalue weighted by molar-refractivity contribution is 5.58. The summed E-state index contributed by atoms with van der Waals surface area (Å²) < 4.78 is 0. The Morgan fingerprint density at radius 3 is 2.21 bits per heavy atom. The first-order chi connectivity index (χ1) is 8.95. The van der Waals surface area contributed by atoms with Crippen molar-refractivity contribution in [2.75, 3.05) is 30.4 Å². The first-order valence-corrected chi connectivity index (χ1v) is 6.54. The van der Waals surface area contributed by atoms with Crippen molar-refractivity contribution < 1.29 is 10.2 Å². The van der Waals surface area contributed by atoms with E-state index in [-0.39, 0.29) is 13.2 Å². The minimum Gasteiger partial charge on any atom is -0.394 e. The number of rotatable bonds is 7. The van der Waals surface area contributed by atoms with Gasteiger partial charge in [-0.15, -0.1) is 0 Å². The van der Waals surface area contributed by atoms with Crippen LogP contribution in [0.25, 0.3) is 0 Å². The van der Waals surface area contributed by atoms with Crippen LogP contribution in [0.4, 0.5) is 11.6 Å². The lowest BCUT2D eigenvalue weighted by Gasteiger charge is -2.28. The van der Waals surface area contributed by atoms with Crippen molar-refractivity contribution in [3.05, 3.63) is 11.4 Å². The lowest BCUT2D eigenvalue weighted by molar-refractivity contribution is 0.147. The molecule has 0 aromatic carbocycles. The summed E-state index contributed by atoms with van der Waals surface area (Å²) in [5.41, 5.74) is 0.0836. The van der Waals surface area contributed by atoms with E-state index in [4.69, 9.17) is 0 Å². The molecule has 1 aromatic heterocycles. The van der Waals surface area contributed by atoms with Crippen molar-refractivity contribution in [2.45, 2.75) is 39.7 Å². The summed E-state index contributed by atoms with van der Waals surface area (Å²) >= 11 is 0. The average Bonchev–Trinajstić information content (AvgIpc) is 2.40. The lowest BCUT2D eigenvalue weighted by Crippen LogP contribution is -2.43.